The van der Waals surface area contributed by atoms with E-state index in [2.05, 4.69) is 12.2 Å². The van der Waals surface area contributed by atoms with E-state index >= 15 is 0 Å². The summed E-state index contributed by atoms with van der Waals surface area (Å²) >= 11 is 0. The Morgan fingerprint density at radius 3 is 2.68 bits per heavy atom. The average molecular weight is 346 g/mol. The minimum absolute atomic E-state index is 0.155. The Hall–Kier alpha value is -2.37. The predicted octanol–water partition coefficient (Wildman–Crippen LogP) is 2.98. The van der Waals surface area contributed by atoms with E-state index in [1.165, 1.54) is 0 Å². The van der Waals surface area contributed by atoms with Gasteiger partial charge >= 0.3 is 5.97 Å². The summed E-state index contributed by atoms with van der Waals surface area (Å²) in [5, 5.41) is 2.67. The highest BCUT2D eigenvalue weighted by Crippen LogP contribution is 2.21. The van der Waals surface area contributed by atoms with Crippen LogP contribution in [0.3, 0.4) is 0 Å². The second-order valence-electron chi connectivity index (χ2n) is 6.14. The summed E-state index contributed by atoms with van der Waals surface area (Å²) in [5.74, 6) is -1.06. The summed E-state index contributed by atoms with van der Waals surface area (Å²) in [6.07, 6.45) is 3.79. The molecule has 0 radical (unpaired) electrons. The number of hydrogen-bond donors (Lipinski definition) is 1. The molecule has 1 heterocycles. The van der Waals surface area contributed by atoms with Gasteiger partial charge in [0.1, 0.15) is 6.42 Å². The summed E-state index contributed by atoms with van der Waals surface area (Å²) in [5.41, 5.74) is 0.652. The van der Waals surface area contributed by atoms with Crippen LogP contribution in [0, 0.1) is 0 Å². The Labute approximate surface area is 148 Å². The van der Waals surface area contributed by atoms with Crippen LogP contribution in [0.25, 0.3) is 0 Å². The maximum atomic E-state index is 12.5. The fourth-order valence-electron chi connectivity index (χ4n) is 3.17. The Bertz CT molecular complexity index is 630. The van der Waals surface area contributed by atoms with Crippen molar-refractivity contribution in [2.45, 2.75) is 52.0 Å². The predicted molar refractivity (Wildman–Crippen MR) is 95.3 cm³/mol. The molecule has 0 bridgehead atoms. The SMILES string of the molecule is CCOC(=O)c1ccccc1NC(=O)CC(=O)N1CCCCC1CC. The number of amides is 2. The molecule has 2 rings (SSSR count). The maximum Gasteiger partial charge on any atom is 0.340 e. The summed E-state index contributed by atoms with van der Waals surface area (Å²) in [4.78, 5) is 38.5. The highest BCUT2D eigenvalue weighted by atomic mass is 16.5. The van der Waals surface area contributed by atoms with E-state index < -0.39 is 11.9 Å². The molecule has 1 fully saturated rings. The third-order valence-electron chi connectivity index (χ3n) is 4.43. The topological polar surface area (TPSA) is 75.7 Å². The minimum atomic E-state index is -0.494. The second kappa shape index (κ2) is 9.20. The molecule has 6 nitrogen and oxygen atoms in total. The largest absolute Gasteiger partial charge is 0.462 e. The fourth-order valence-corrected chi connectivity index (χ4v) is 3.17. The van der Waals surface area contributed by atoms with E-state index in [1.54, 1.807) is 31.2 Å². The molecular weight excluding hydrogens is 320 g/mol. The monoisotopic (exact) mass is 346 g/mol. The number of ether oxygens (including phenoxy) is 1. The lowest BCUT2D eigenvalue weighted by Gasteiger charge is -2.35. The Morgan fingerprint density at radius 2 is 1.96 bits per heavy atom. The van der Waals surface area contributed by atoms with Crippen molar-refractivity contribution in [1.82, 2.24) is 4.90 Å². The molecule has 1 unspecified atom stereocenters. The summed E-state index contributed by atoms with van der Waals surface area (Å²) in [6.45, 7) is 4.75. The number of piperidine rings is 1. The first-order chi connectivity index (χ1) is 12.1. The van der Waals surface area contributed by atoms with Crippen LogP contribution in [-0.2, 0) is 14.3 Å². The van der Waals surface area contributed by atoms with Gasteiger partial charge in [-0.05, 0) is 44.7 Å². The third kappa shape index (κ3) is 5.05. The zero-order chi connectivity index (χ0) is 18.2. The molecular formula is C19H26N2O4. The number of likely N-dealkylation sites (tertiary alicyclic amines) is 1. The van der Waals surface area contributed by atoms with E-state index in [1.807, 2.05) is 4.90 Å². The lowest BCUT2D eigenvalue weighted by Crippen LogP contribution is -2.44. The van der Waals surface area contributed by atoms with E-state index in [0.29, 0.717) is 12.2 Å². The molecule has 0 aromatic heterocycles. The van der Waals surface area contributed by atoms with E-state index in [0.717, 1.165) is 25.7 Å². The Balaban J connectivity index is 2.00. The highest BCUT2D eigenvalue weighted by molar-refractivity contribution is 6.06. The molecule has 0 aliphatic carbocycles. The van der Waals surface area contributed by atoms with Gasteiger partial charge < -0.3 is 15.0 Å². The number of carbonyl (C=O) groups excluding carboxylic acids is 3. The van der Waals surface area contributed by atoms with Crippen molar-refractivity contribution in [3.8, 4) is 0 Å². The molecule has 25 heavy (non-hydrogen) atoms. The summed E-state index contributed by atoms with van der Waals surface area (Å²) in [7, 11) is 0. The van der Waals surface area contributed by atoms with Crippen molar-refractivity contribution in [3.63, 3.8) is 0 Å². The van der Waals surface area contributed by atoms with Crippen LogP contribution >= 0.6 is 0 Å². The number of rotatable bonds is 6. The van der Waals surface area contributed by atoms with Crippen LogP contribution in [0.1, 0.15) is 56.3 Å². The van der Waals surface area contributed by atoms with Gasteiger partial charge in [0.2, 0.25) is 11.8 Å². The van der Waals surface area contributed by atoms with Crippen LogP contribution in [-0.4, -0.2) is 41.9 Å². The van der Waals surface area contributed by atoms with Gasteiger partial charge in [-0.25, -0.2) is 4.79 Å². The molecule has 1 N–H and O–H groups in total. The quantitative estimate of drug-likeness (QED) is 0.635. The zero-order valence-electron chi connectivity index (χ0n) is 14.9. The van der Waals surface area contributed by atoms with E-state index in [4.69, 9.17) is 4.74 Å². The first kappa shape index (κ1) is 19.0. The van der Waals surface area contributed by atoms with Gasteiger partial charge in [-0.2, -0.15) is 0 Å². The van der Waals surface area contributed by atoms with Gasteiger partial charge in [-0.15, -0.1) is 0 Å². The van der Waals surface area contributed by atoms with Crippen LogP contribution in [0.5, 0.6) is 0 Å². The molecule has 1 aromatic carbocycles. The molecule has 6 heteroatoms. The fraction of sp³-hybridized carbons (Fsp3) is 0.526. The minimum Gasteiger partial charge on any atom is -0.462 e. The first-order valence-corrected chi connectivity index (χ1v) is 8.92. The second-order valence-corrected chi connectivity index (χ2v) is 6.14. The van der Waals surface area contributed by atoms with Crippen molar-refractivity contribution in [2.24, 2.45) is 0 Å². The lowest BCUT2D eigenvalue weighted by molar-refractivity contribution is -0.137. The highest BCUT2D eigenvalue weighted by Gasteiger charge is 2.26. The molecule has 2 amide bonds. The van der Waals surface area contributed by atoms with Crippen LogP contribution in [0.15, 0.2) is 24.3 Å². The number of anilines is 1. The number of nitrogens with one attached hydrogen (secondary N) is 1. The first-order valence-electron chi connectivity index (χ1n) is 8.92. The lowest BCUT2D eigenvalue weighted by atomic mass is 9.99. The number of hydrogen-bond acceptors (Lipinski definition) is 4. The van der Waals surface area contributed by atoms with Gasteiger partial charge in [-0.3, -0.25) is 9.59 Å². The normalized spacial score (nSPS) is 17.0. The standard InChI is InChI=1S/C19H26N2O4/c1-3-14-9-7-8-12-21(14)18(23)13-17(22)20-16-11-6-5-10-15(16)19(24)25-4-2/h5-6,10-11,14H,3-4,7-9,12-13H2,1-2H3,(H,20,22). The number of esters is 1. The van der Waals surface area contributed by atoms with Crippen LogP contribution in [0.2, 0.25) is 0 Å². The molecule has 0 spiro atoms. The van der Waals surface area contributed by atoms with Gasteiger partial charge in [0.25, 0.3) is 0 Å². The van der Waals surface area contributed by atoms with Crippen molar-refractivity contribution in [1.29, 1.82) is 0 Å². The van der Waals surface area contributed by atoms with Crippen LogP contribution in [0.4, 0.5) is 5.69 Å². The number of para-hydroxylation sites is 1. The van der Waals surface area contributed by atoms with Gasteiger partial charge in [0.15, 0.2) is 0 Å². The van der Waals surface area contributed by atoms with Crippen molar-refractivity contribution < 1.29 is 19.1 Å². The molecule has 1 saturated heterocycles. The van der Waals surface area contributed by atoms with Crippen LogP contribution < -0.4 is 5.32 Å². The number of benzene rings is 1. The Kier molecular flexibility index (Phi) is 6.98. The van der Waals surface area contributed by atoms with Crippen molar-refractivity contribution >= 4 is 23.5 Å². The van der Waals surface area contributed by atoms with E-state index in [-0.39, 0.29) is 30.5 Å². The summed E-state index contributed by atoms with van der Waals surface area (Å²) < 4.78 is 4.99. The zero-order valence-corrected chi connectivity index (χ0v) is 14.9. The Morgan fingerprint density at radius 1 is 1.20 bits per heavy atom. The van der Waals surface area contributed by atoms with Crippen molar-refractivity contribution in [2.75, 3.05) is 18.5 Å². The smallest absolute Gasteiger partial charge is 0.340 e. The average Bonchev–Trinajstić information content (AvgIpc) is 2.62. The molecule has 0 saturated carbocycles. The van der Waals surface area contributed by atoms with Gasteiger partial charge in [0.05, 0.1) is 17.9 Å². The number of carbonyl (C=O) groups is 3. The number of nitrogens with zero attached hydrogens (tertiary/aromatic N) is 1. The molecule has 1 atom stereocenters. The molecule has 1 aliphatic heterocycles. The molecule has 136 valence electrons. The van der Waals surface area contributed by atoms with Crippen molar-refractivity contribution in [3.05, 3.63) is 29.8 Å². The molecule has 1 aromatic rings. The summed E-state index contributed by atoms with van der Waals surface area (Å²) in [6, 6.07) is 6.86. The van der Waals surface area contributed by atoms with Gasteiger partial charge in [0, 0.05) is 12.6 Å². The van der Waals surface area contributed by atoms with Gasteiger partial charge in [-0.1, -0.05) is 19.1 Å². The molecule has 1 aliphatic rings. The third-order valence-corrected chi connectivity index (χ3v) is 4.43. The maximum absolute atomic E-state index is 12.5. The van der Waals surface area contributed by atoms with E-state index in [9.17, 15) is 14.4 Å².